The monoisotopic (exact) mass is 114 g/mol. The van der Waals surface area contributed by atoms with Crippen LogP contribution in [0.2, 0.25) is 0 Å². The lowest BCUT2D eigenvalue weighted by atomic mass is 10.4. The number of furan rings is 1. The molecule has 1 rings (SSSR count). The van der Waals surface area contributed by atoms with Gasteiger partial charge in [-0.15, -0.1) is 0 Å². The Morgan fingerprint density at radius 3 is 2.62 bits per heavy atom. The third-order valence-electron chi connectivity index (χ3n) is 0.769. The zero-order valence-corrected chi connectivity index (χ0v) is 3.93. The van der Waals surface area contributed by atoms with Crippen LogP contribution >= 0.6 is 0 Å². The van der Waals surface area contributed by atoms with Crippen molar-refractivity contribution in [2.24, 2.45) is 0 Å². The Morgan fingerprint density at radius 2 is 2.38 bits per heavy atom. The Morgan fingerprint density at radius 1 is 1.62 bits per heavy atom. The molecular formula is C5H3FO2. The SMILES string of the molecule is O=Cc1cocc1F. The van der Waals surface area contributed by atoms with Gasteiger partial charge in [-0.2, -0.15) is 0 Å². The van der Waals surface area contributed by atoms with Crippen LogP contribution in [-0.4, -0.2) is 6.29 Å². The molecule has 2 nitrogen and oxygen atoms in total. The van der Waals surface area contributed by atoms with Crippen LogP contribution in [0, 0.1) is 5.82 Å². The summed E-state index contributed by atoms with van der Waals surface area (Å²) >= 11 is 0. The van der Waals surface area contributed by atoms with Crippen LogP contribution in [0.15, 0.2) is 16.9 Å². The second kappa shape index (κ2) is 1.78. The summed E-state index contributed by atoms with van der Waals surface area (Å²) in [6.45, 7) is 0. The van der Waals surface area contributed by atoms with Gasteiger partial charge in [0.1, 0.15) is 12.5 Å². The highest BCUT2D eigenvalue weighted by molar-refractivity contribution is 5.74. The molecular weight excluding hydrogens is 111 g/mol. The molecule has 0 saturated carbocycles. The van der Waals surface area contributed by atoms with E-state index in [1.54, 1.807) is 0 Å². The summed E-state index contributed by atoms with van der Waals surface area (Å²) in [7, 11) is 0. The molecule has 0 aliphatic carbocycles. The highest BCUT2D eigenvalue weighted by atomic mass is 19.1. The molecule has 1 heterocycles. The maximum atomic E-state index is 12.0. The predicted octanol–water partition coefficient (Wildman–Crippen LogP) is 1.23. The van der Waals surface area contributed by atoms with Crippen molar-refractivity contribution in [1.29, 1.82) is 0 Å². The van der Waals surface area contributed by atoms with Crippen molar-refractivity contribution in [1.82, 2.24) is 0 Å². The lowest BCUT2D eigenvalue weighted by molar-refractivity contribution is 0.112. The van der Waals surface area contributed by atoms with Crippen LogP contribution in [0.5, 0.6) is 0 Å². The van der Waals surface area contributed by atoms with Gasteiger partial charge in [0.2, 0.25) is 0 Å². The van der Waals surface area contributed by atoms with Gasteiger partial charge in [-0.3, -0.25) is 4.79 Å². The van der Waals surface area contributed by atoms with E-state index in [1.165, 1.54) is 0 Å². The normalized spacial score (nSPS) is 9.12. The molecule has 0 saturated heterocycles. The van der Waals surface area contributed by atoms with Gasteiger partial charge in [-0.05, 0) is 0 Å². The van der Waals surface area contributed by atoms with Crippen LogP contribution in [0.25, 0.3) is 0 Å². The van der Waals surface area contributed by atoms with Crippen molar-refractivity contribution in [3.63, 3.8) is 0 Å². The van der Waals surface area contributed by atoms with Crippen molar-refractivity contribution in [2.45, 2.75) is 0 Å². The minimum absolute atomic E-state index is 0.0370. The number of carbonyl (C=O) groups is 1. The van der Waals surface area contributed by atoms with E-state index in [0.29, 0.717) is 6.29 Å². The van der Waals surface area contributed by atoms with E-state index in [2.05, 4.69) is 4.42 Å². The van der Waals surface area contributed by atoms with Gasteiger partial charge in [-0.1, -0.05) is 0 Å². The number of rotatable bonds is 1. The molecule has 0 spiro atoms. The fourth-order valence-corrected chi connectivity index (χ4v) is 0.375. The molecule has 0 unspecified atom stereocenters. The second-order valence-corrected chi connectivity index (χ2v) is 1.29. The van der Waals surface area contributed by atoms with E-state index >= 15 is 0 Å². The fraction of sp³-hybridized carbons (Fsp3) is 0. The quantitative estimate of drug-likeness (QED) is 0.514. The average molecular weight is 114 g/mol. The summed E-state index contributed by atoms with van der Waals surface area (Å²) < 4.78 is 16.4. The van der Waals surface area contributed by atoms with Gasteiger partial charge in [0, 0.05) is 0 Å². The largest absolute Gasteiger partial charge is 0.469 e. The molecule has 0 aliphatic heterocycles. The first-order valence-corrected chi connectivity index (χ1v) is 2.01. The molecule has 0 aliphatic rings. The lowest BCUT2D eigenvalue weighted by Crippen LogP contribution is -1.75. The predicted molar refractivity (Wildman–Crippen MR) is 24.1 cm³/mol. The standard InChI is InChI=1S/C5H3FO2/c6-5-3-8-2-4(5)1-7/h1-3H. The Hall–Kier alpha value is -1.12. The molecule has 0 fully saturated rings. The van der Waals surface area contributed by atoms with E-state index in [0.717, 1.165) is 12.5 Å². The summed E-state index contributed by atoms with van der Waals surface area (Å²) in [5.41, 5.74) is -0.0370. The average Bonchev–Trinajstić information content (AvgIpc) is 2.14. The third kappa shape index (κ3) is 0.621. The first-order chi connectivity index (χ1) is 3.84. The Labute approximate surface area is 44.9 Å². The Balaban J connectivity index is 3.09. The zero-order valence-electron chi connectivity index (χ0n) is 3.93. The van der Waals surface area contributed by atoms with Crippen molar-refractivity contribution in [3.05, 3.63) is 23.9 Å². The molecule has 0 amide bonds. The number of aldehydes is 1. The molecule has 0 radical (unpaired) electrons. The molecule has 1 aromatic heterocycles. The lowest BCUT2D eigenvalue weighted by Gasteiger charge is -1.71. The van der Waals surface area contributed by atoms with Gasteiger partial charge in [-0.25, -0.2) is 4.39 Å². The first-order valence-electron chi connectivity index (χ1n) is 2.01. The molecule has 1 aromatic rings. The molecule has 3 heteroatoms. The van der Waals surface area contributed by atoms with E-state index in [4.69, 9.17) is 0 Å². The van der Waals surface area contributed by atoms with Crippen LogP contribution in [-0.2, 0) is 0 Å². The number of hydrogen-bond donors (Lipinski definition) is 0. The number of halogens is 1. The summed E-state index contributed by atoms with van der Waals surface area (Å²) in [6, 6.07) is 0. The number of carbonyl (C=O) groups excluding carboxylic acids is 1. The van der Waals surface area contributed by atoms with E-state index in [1.807, 2.05) is 0 Å². The summed E-state index contributed by atoms with van der Waals surface area (Å²) in [5, 5.41) is 0. The Bertz CT molecular complexity index is 192. The van der Waals surface area contributed by atoms with Gasteiger partial charge >= 0.3 is 0 Å². The molecule has 0 bridgehead atoms. The van der Waals surface area contributed by atoms with Crippen molar-refractivity contribution in [3.8, 4) is 0 Å². The molecule has 8 heavy (non-hydrogen) atoms. The van der Waals surface area contributed by atoms with Crippen molar-refractivity contribution >= 4 is 6.29 Å². The third-order valence-corrected chi connectivity index (χ3v) is 0.769. The topological polar surface area (TPSA) is 30.2 Å². The molecule has 0 atom stereocenters. The smallest absolute Gasteiger partial charge is 0.171 e. The molecule has 0 aromatic carbocycles. The van der Waals surface area contributed by atoms with E-state index < -0.39 is 5.82 Å². The summed E-state index contributed by atoms with van der Waals surface area (Å²) in [6.07, 6.45) is 2.34. The second-order valence-electron chi connectivity index (χ2n) is 1.29. The van der Waals surface area contributed by atoms with E-state index in [9.17, 15) is 9.18 Å². The van der Waals surface area contributed by atoms with Crippen molar-refractivity contribution in [2.75, 3.05) is 0 Å². The van der Waals surface area contributed by atoms with Gasteiger partial charge in [0.25, 0.3) is 0 Å². The first kappa shape index (κ1) is 5.03. The van der Waals surface area contributed by atoms with Crippen LogP contribution in [0.1, 0.15) is 10.4 Å². The maximum Gasteiger partial charge on any atom is 0.171 e. The molecule has 42 valence electrons. The molecule has 0 N–H and O–H groups in total. The highest BCUT2D eigenvalue weighted by Gasteiger charge is 1.99. The summed E-state index contributed by atoms with van der Waals surface area (Å²) in [5.74, 6) is -0.611. The fourth-order valence-electron chi connectivity index (χ4n) is 0.375. The minimum Gasteiger partial charge on any atom is -0.469 e. The van der Waals surface area contributed by atoms with Crippen LogP contribution in [0.4, 0.5) is 4.39 Å². The summed E-state index contributed by atoms with van der Waals surface area (Å²) in [4.78, 5) is 9.79. The van der Waals surface area contributed by atoms with E-state index in [-0.39, 0.29) is 5.56 Å². The van der Waals surface area contributed by atoms with Gasteiger partial charge < -0.3 is 4.42 Å². The number of hydrogen-bond acceptors (Lipinski definition) is 2. The highest BCUT2D eigenvalue weighted by Crippen LogP contribution is 2.03. The van der Waals surface area contributed by atoms with Gasteiger partial charge in [0.05, 0.1) is 5.56 Å². The zero-order chi connectivity index (χ0) is 5.98. The van der Waals surface area contributed by atoms with Crippen molar-refractivity contribution < 1.29 is 13.6 Å². The van der Waals surface area contributed by atoms with Crippen LogP contribution < -0.4 is 0 Å². The van der Waals surface area contributed by atoms with Gasteiger partial charge in [0.15, 0.2) is 12.1 Å². The Kier molecular flexibility index (Phi) is 1.12. The van der Waals surface area contributed by atoms with Crippen LogP contribution in [0.3, 0.4) is 0 Å². The minimum atomic E-state index is -0.611. The maximum absolute atomic E-state index is 12.0.